The van der Waals surface area contributed by atoms with Crippen LogP contribution in [-0.2, 0) is 4.79 Å². The third-order valence-corrected chi connectivity index (χ3v) is 12.6. The van der Waals surface area contributed by atoms with Crippen LogP contribution < -0.4 is 0 Å². The van der Waals surface area contributed by atoms with Gasteiger partial charge in [-0.15, -0.1) is 0 Å². The van der Waals surface area contributed by atoms with Crippen molar-refractivity contribution in [2.45, 2.75) is 111 Å². The predicted octanol–water partition coefficient (Wildman–Crippen LogP) is 6.24. The second-order valence-corrected chi connectivity index (χ2v) is 14.0. The van der Waals surface area contributed by atoms with Crippen LogP contribution in [0.5, 0.6) is 0 Å². The first kappa shape index (κ1) is 23.8. The second-order valence-electron chi connectivity index (χ2n) is 14.0. The lowest BCUT2D eigenvalue weighted by Crippen LogP contribution is -2.56. The molecule has 0 aromatic carbocycles. The highest BCUT2D eigenvalue weighted by Gasteiger charge is 2.82. The molecule has 5 rings (SSSR count). The highest BCUT2D eigenvalue weighted by molar-refractivity contribution is 5.86. The maximum Gasteiger partial charge on any atom is 0.138 e. The van der Waals surface area contributed by atoms with Crippen molar-refractivity contribution in [1.82, 2.24) is 0 Å². The summed E-state index contributed by atoms with van der Waals surface area (Å²) in [6, 6.07) is 0. The fourth-order valence-electron chi connectivity index (χ4n) is 10.7. The predicted molar refractivity (Wildman–Crippen MR) is 132 cm³/mol. The fourth-order valence-corrected chi connectivity index (χ4v) is 10.7. The molecule has 0 saturated heterocycles. The number of carbonyl (C=O) groups is 1. The molecule has 2 N–H and O–H groups in total. The average Bonchev–Trinajstić information content (AvgIpc) is 3.34. The van der Waals surface area contributed by atoms with Crippen molar-refractivity contribution < 1.29 is 15.0 Å². The monoisotopic (exact) mass is 454 g/mol. The molecule has 5 aliphatic rings. The van der Waals surface area contributed by atoms with Crippen LogP contribution >= 0.6 is 0 Å². The van der Waals surface area contributed by atoms with Crippen LogP contribution in [0.25, 0.3) is 0 Å². The SMILES string of the molecule is C=C(C)[C@H](O)CCC(=C)[C@H]1[C@@H](O)C[C@@]2(C)[C@@H]3CC[C@H]4C(C)(C)C(=O)CC[C@@]45C[C@@]35CC[C@]12C. The third-order valence-electron chi connectivity index (χ3n) is 12.6. The van der Waals surface area contributed by atoms with Gasteiger partial charge in [-0.05, 0) is 98.2 Å². The standard InChI is InChI=1S/C30H46O3/c1-18(2)20(31)9-8-19(3)25-21(32)16-28(7)23-11-10-22-26(4,5)24(33)12-13-29(22)17-30(23,29)15-14-27(25,28)6/h20-23,25,31-32H,1,3,8-17H2,2,4-7H3/t20-,21+,22+,23+,25+,27-,28+,29-,30+/m1/s1. The first-order valence-electron chi connectivity index (χ1n) is 13.5. The molecular formula is C30H46O3. The molecule has 2 spiro atoms. The Bertz CT molecular complexity index is 902. The van der Waals surface area contributed by atoms with E-state index in [9.17, 15) is 15.0 Å². The summed E-state index contributed by atoms with van der Waals surface area (Å²) in [5, 5.41) is 21.7. The number of rotatable bonds is 5. The van der Waals surface area contributed by atoms with E-state index in [4.69, 9.17) is 0 Å². The van der Waals surface area contributed by atoms with E-state index in [1.807, 2.05) is 6.92 Å². The lowest BCUT2D eigenvalue weighted by molar-refractivity contribution is -0.154. The normalized spacial score (nSPS) is 50.5. The highest BCUT2D eigenvalue weighted by atomic mass is 16.3. The van der Waals surface area contributed by atoms with Gasteiger partial charge in [0.15, 0.2) is 0 Å². The van der Waals surface area contributed by atoms with Crippen molar-refractivity contribution in [3.8, 4) is 0 Å². The molecule has 5 fully saturated rings. The Morgan fingerprint density at radius 3 is 2.33 bits per heavy atom. The molecule has 0 heterocycles. The van der Waals surface area contributed by atoms with Crippen LogP contribution in [0.1, 0.15) is 98.8 Å². The third kappa shape index (κ3) is 2.79. The van der Waals surface area contributed by atoms with Crippen molar-refractivity contribution in [2.24, 2.45) is 44.8 Å². The minimum absolute atomic E-state index is 0.0458. The molecular weight excluding hydrogens is 408 g/mol. The number of aliphatic hydroxyl groups excluding tert-OH is 2. The smallest absolute Gasteiger partial charge is 0.138 e. The van der Waals surface area contributed by atoms with Crippen molar-refractivity contribution in [3.63, 3.8) is 0 Å². The maximum atomic E-state index is 12.8. The van der Waals surface area contributed by atoms with Crippen LogP contribution in [0.2, 0.25) is 0 Å². The molecule has 0 bridgehead atoms. The van der Waals surface area contributed by atoms with E-state index in [0.717, 1.165) is 43.3 Å². The summed E-state index contributed by atoms with van der Waals surface area (Å²) < 4.78 is 0. The molecule has 3 nitrogen and oxygen atoms in total. The molecule has 5 saturated carbocycles. The van der Waals surface area contributed by atoms with Crippen LogP contribution in [0.3, 0.4) is 0 Å². The molecule has 3 heteroatoms. The topological polar surface area (TPSA) is 57.5 Å². The van der Waals surface area contributed by atoms with E-state index in [-0.39, 0.29) is 28.3 Å². The summed E-state index contributed by atoms with van der Waals surface area (Å²) in [6.45, 7) is 19.6. The zero-order valence-electron chi connectivity index (χ0n) is 21.7. The Morgan fingerprint density at radius 1 is 1.03 bits per heavy atom. The van der Waals surface area contributed by atoms with Gasteiger partial charge in [0.05, 0.1) is 12.2 Å². The summed E-state index contributed by atoms with van der Waals surface area (Å²) >= 11 is 0. The van der Waals surface area contributed by atoms with E-state index in [0.29, 0.717) is 34.9 Å². The number of aliphatic hydroxyl groups is 2. The summed E-state index contributed by atoms with van der Waals surface area (Å²) in [6.07, 6.45) is 9.36. The lowest BCUT2D eigenvalue weighted by atomic mass is 9.42. The lowest BCUT2D eigenvalue weighted by Gasteiger charge is -2.62. The van der Waals surface area contributed by atoms with Crippen LogP contribution in [0.15, 0.2) is 24.3 Å². The summed E-state index contributed by atoms with van der Waals surface area (Å²) in [7, 11) is 0. The Labute approximate surface area is 201 Å². The molecule has 0 radical (unpaired) electrons. The quantitative estimate of drug-likeness (QED) is 0.484. The van der Waals surface area contributed by atoms with E-state index >= 15 is 0 Å². The molecule has 9 atom stereocenters. The molecule has 0 aliphatic heterocycles. The first-order chi connectivity index (χ1) is 15.3. The Kier molecular flexibility index (Phi) is 5.09. The number of hydrogen-bond donors (Lipinski definition) is 2. The van der Waals surface area contributed by atoms with Crippen LogP contribution in [-0.4, -0.2) is 28.2 Å². The van der Waals surface area contributed by atoms with Gasteiger partial charge in [-0.2, -0.15) is 0 Å². The molecule has 5 aliphatic carbocycles. The second kappa shape index (κ2) is 7.06. The van der Waals surface area contributed by atoms with Gasteiger partial charge >= 0.3 is 0 Å². The highest BCUT2D eigenvalue weighted by Crippen LogP contribution is 2.88. The van der Waals surface area contributed by atoms with Gasteiger partial charge in [0.1, 0.15) is 5.78 Å². The van der Waals surface area contributed by atoms with Gasteiger partial charge in [-0.1, -0.05) is 52.0 Å². The molecule has 0 aromatic heterocycles. The summed E-state index contributed by atoms with van der Waals surface area (Å²) in [5.74, 6) is 1.76. The van der Waals surface area contributed by atoms with Gasteiger partial charge in [-0.3, -0.25) is 4.79 Å². The summed E-state index contributed by atoms with van der Waals surface area (Å²) in [4.78, 5) is 12.8. The van der Waals surface area contributed by atoms with E-state index in [2.05, 4.69) is 40.9 Å². The molecule has 184 valence electrons. The van der Waals surface area contributed by atoms with Gasteiger partial charge in [0, 0.05) is 17.8 Å². The molecule has 0 amide bonds. The number of Topliss-reactive ketones (excluding diaryl/α,β-unsaturated/α-hetero) is 1. The largest absolute Gasteiger partial charge is 0.392 e. The molecule has 33 heavy (non-hydrogen) atoms. The molecule has 0 unspecified atom stereocenters. The number of fused-ring (bicyclic) bond motifs is 2. The number of hydrogen-bond acceptors (Lipinski definition) is 3. The van der Waals surface area contributed by atoms with Crippen molar-refractivity contribution in [2.75, 3.05) is 0 Å². The summed E-state index contributed by atoms with van der Waals surface area (Å²) in [5.41, 5.74) is 2.64. The fraction of sp³-hybridized carbons (Fsp3) is 0.833. The van der Waals surface area contributed by atoms with Gasteiger partial charge in [-0.25, -0.2) is 0 Å². The van der Waals surface area contributed by atoms with Gasteiger partial charge in [0.25, 0.3) is 0 Å². The van der Waals surface area contributed by atoms with Crippen molar-refractivity contribution in [1.29, 1.82) is 0 Å². The van der Waals surface area contributed by atoms with Crippen LogP contribution in [0.4, 0.5) is 0 Å². The zero-order chi connectivity index (χ0) is 24.2. The van der Waals surface area contributed by atoms with Crippen molar-refractivity contribution >= 4 is 5.78 Å². The van der Waals surface area contributed by atoms with Crippen LogP contribution in [0, 0.1) is 44.8 Å². The zero-order valence-corrected chi connectivity index (χ0v) is 21.7. The Morgan fingerprint density at radius 2 is 1.67 bits per heavy atom. The Balaban J connectivity index is 1.43. The first-order valence-corrected chi connectivity index (χ1v) is 13.5. The van der Waals surface area contributed by atoms with E-state index in [1.165, 1.54) is 25.7 Å². The minimum Gasteiger partial charge on any atom is -0.392 e. The average molecular weight is 455 g/mol. The Hall–Kier alpha value is -0.930. The van der Waals surface area contributed by atoms with E-state index < -0.39 is 6.10 Å². The maximum absolute atomic E-state index is 12.8. The van der Waals surface area contributed by atoms with Gasteiger partial charge in [0.2, 0.25) is 0 Å². The minimum atomic E-state index is -0.493. The van der Waals surface area contributed by atoms with Crippen molar-refractivity contribution in [3.05, 3.63) is 24.3 Å². The number of carbonyl (C=O) groups excluding carboxylic acids is 1. The van der Waals surface area contributed by atoms with Gasteiger partial charge < -0.3 is 10.2 Å². The molecule has 0 aromatic rings. The number of ketones is 1. The van der Waals surface area contributed by atoms with E-state index in [1.54, 1.807) is 0 Å².